The summed E-state index contributed by atoms with van der Waals surface area (Å²) in [5.74, 6) is 0. The quantitative estimate of drug-likeness (QED) is 0.764. The van der Waals surface area contributed by atoms with Crippen molar-refractivity contribution in [3.8, 4) is 0 Å². The van der Waals surface area contributed by atoms with Gasteiger partial charge in [-0.1, -0.05) is 13.0 Å². The third-order valence-electron chi connectivity index (χ3n) is 4.93. The predicted molar refractivity (Wildman–Crippen MR) is 76.5 cm³/mol. The van der Waals surface area contributed by atoms with E-state index in [1.165, 1.54) is 18.5 Å². The van der Waals surface area contributed by atoms with Crippen LogP contribution in [0.5, 0.6) is 0 Å². The fourth-order valence-corrected chi connectivity index (χ4v) is 2.32. The molecule has 2 fully saturated rings. The Morgan fingerprint density at radius 1 is 1.00 bits per heavy atom. The molecule has 19 heavy (non-hydrogen) atoms. The van der Waals surface area contributed by atoms with E-state index in [0.29, 0.717) is 5.41 Å². The number of hydrogen-bond acceptors (Lipinski definition) is 3. The maximum atomic E-state index is 6.03. The molecule has 0 aromatic carbocycles. The summed E-state index contributed by atoms with van der Waals surface area (Å²) in [6.45, 7) is 10.5. The summed E-state index contributed by atoms with van der Waals surface area (Å²) in [6, 6.07) is 4.21. The van der Waals surface area contributed by atoms with Crippen molar-refractivity contribution in [3.63, 3.8) is 0 Å². The van der Waals surface area contributed by atoms with Gasteiger partial charge in [-0.05, 0) is 46.6 Å². The molecule has 0 amide bonds. The van der Waals surface area contributed by atoms with Gasteiger partial charge >= 0.3 is 7.12 Å². The molecule has 0 atom stereocenters. The minimum Gasteiger partial charge on any atom is -0.399 e. The highest BCUT2D eigenvalue weighted by Crippen LogP contribution is 2.46. The Morgan fingerprint density at radius 2 is 1.58 bits per heavy atom. The van der Waals surface area contributed by atoms with Gasteiger partial charge in [0.15, 0.2) is 0 Å². The van der Waals surface area contributed by atoms with Gasteiger partial charge in [0, 0.05) is 22.8 Å². The van der Waals surface area contributed by atoms with Crippen molar-refractivity contribution < 1.29 is 9.31 Å². The van der Waals surface area contributed by atoms with Gasteiger partial charge in [-0.25, -0.2) is 0 Å². The lowest BCUT2D eigenvalue weighted by Gasteiger charge is -2.32. The summed E-state index contributed by atoms with van der Waals surface area (Å²) in [5.41, 5.74) is 1.92. The highest BCUT2D eigenvalue weighted by molar-refractivity contribution is 6.62. The first-order valence-electron chi connectivity index (χ1n) is 7.06. The second kappa shape index (κ2) is 3.83. The van der Waals surface area contributed by atoms with Crippen molar-refractivity contribution in [3.05, 3.63) is 24.0 Å². The van der Waals surface area contributed by atoms with Crippen LogP contribution in [0.1, 0.15) is 53.2 Å². The standard InChI is InChI=1S/C15H22BNO2/c1-13(2)14(3,4)19-16(18-13)11-6-7-12(17-10-11)15(5)8-9-15/h6-7,10H,8-9H2,1-5H3. The molecule has 0 bridgehead atoms. The molecule has 1 aliphatic carbocycles. The van der Waals surface area contributed by atoms with E-state index in [-0.39, 0.29) is 18.3 Å². The Labute approximate surface area is 115 Å². The Kier molecular flexibility index (Phi) is 2.65. The van der Waals surface area contributed by atoms with Crippen molar-refractivity contribution >= 4 is 12.6 Å². The number of pyridine rings is 1. The third kappa shape index (κ3) is 2.11. The molecule has 2 aliphatic rings. The van der Waals surface area contributed by atoms with Gasteiger partial charge in [-0.2, -0.15) is 0 Å². The molecule has 1 saturated carbocycles. The molecule has 1 aromatic rings. The van der Waals surface area contributed by atoms with Gasteiger partial charge in [0.25, 0.3) is 0 Å². The second-order valence-corrected chi connectivity index (χ2v) is 7.13. The second-order valence-electron chi connectivity index (χ2n) is 7.13. The molecule has 1 aromatic heterocycles. The summed E-state index contributed by atoms with van der Waals surface area (Å²) in [4.78, 5) is 4.59. The molecule has 1 aliphatic heterocycles. The van der Waals surface area contributed by atoms with Crippen LogP contribution in [0, 0.1) is 0 Å². The van der Waals surface area contributed by atoms with Gasteiger partial charge in [0.2, 0.25) is 0 Å². The molecule has 0 radical (unpaired) electrons. The molecule has 0 N–H and O–H groups in total. The van der Waals surface area contributed by atoms with E-state index < -0.39 is 0 Å². The minimum atomic E-state index is -0.307. The van der Waals surface area contributed by atoms with Crippen LogP contribution in [-0.2, 0) is 14.7 Å². The molecule has 3 rings (SSSR count). The van der Waals surface area contributed by atoms with Crippen LogP contribution in [0.3, 0.4) is 0 Å². The Balaban J connectivity index is 1.81. The molecule has 0 unspecified atom stereocenters. The minimum absolute atomic E-state index is 0.293. The van der Waals surface area contributed by atoms with E-state index in [2.05, 4.69) is 51.7 Å². The van der Waals surface area contributed by atoms with Crippen molar-refractivity contribution in [2.75, 3.05) is 0 Å². The zero-order valence-electron chi connectivity index (χ0n) is 12.5. The zero-order valence-corrected chi connectivity index (χ0v) is 12.5. The zero-order chi connectivity index (χ0) is 13.9. The maximum Gasteiger partial charge on any atom is 0.496 e. The number of nitrogens with zero attached hydrogens (tertiary/aromatic N) is 1. The van der Waals surface area contributed by atoms with Crippen LogP contribution in [-0.4, -0.2) is 23.3 Å². The fourth-order valence-electron chi connectivity index (χ4n) is 2.32. The molecule has 3 nitrogen and oxygen atoms in total. The van der Waals surface area contributed by atoms with E-state index in [0.717, 1.165) is 5.46 Å². The summed E-state index contributed by atoms with van der Waals surface area (Å²) in [7, 11) is -0.307. The highest BCUT2D eigenvalue weighted by Gasteiger charge is 2.52. The molecular weight excluding hydrogens is 237 g/mol. The first-order valence-corrected chi connectivity index (χ1v) is 7.06. The fraction of sp³-hybridized carbons (Fsp3) is 0.667. The number of aromatic nitrogens is 1. The average Bonchev–Trinajstić information content (AvgIpc) is 3.02. The van der Waals surface area contributed by atoms with Gasteiger partial charge in [-0.15, -0.1) is 0 Å². The van der Waals surface area contributed by atoms with Gasteiger partial charge in [0.1, 0.15) is 0 Å². The summed E-state index contributed by atoms with van der Waals surface area (Å²) < 4.78 is 12.1. The highest BCUT2D eigenvalue weighted by atomic mass is 16.7. The van der Waals surface area contributed by atoms with Gasteiger partial charge < -0.3 is 9.31 Å². The lowest BCUT2D eigenvalue weighted by molar-refractivity contribution is 0.00578. The normalized spacial score (nSPS) is 26.5. The topological polar surface area (TPSA) is 31.4 Å². The van der Waals surface area contributed by atoms with Crippen molar-refractivity contribution in [2.45, 2.75) is 64.1 Å². The van der Waals surface area contributed by atoms with Crippen LogP contribution < -0.4 is 5.46 Å². The average molecular weight is 259 g/mol. The summed E-state index contributed by atoms with van der Waals surface area (Å²) in [6.07, 6.45) is 4.40. The van der Waals surface area contributed by atoms with E-state index in [1.54, 1.807) is 0 Å². The summed E-state index contributed by atoms with van der Waals surface area (Å²) in [5, 5.41) is 0. The largest absolute Gasteiger partial charge is 0.496 e. The Morgan fingerprint density at radius 3 is 2.00 bits per heavy atom. The van der Waals surface area contributed by atoms with Gasteiger partial charge in [0.05, 0.1) is 11.2 Å². The van der Waals surface area contributed by atoms with Crippen LogP contribution in [0.25, 0.3) is 0 Å². The molecule has 2 heterocycles. The Bertz CT molecular complexity index is 475. The first kappa shape index (κ1) is 13.1. The van der Waals surface area contributed by atoms with Crippen LogP contribution in [0.2, 0.25) is 0 Å². The first-order chi connectivity index (χ1) is 8.74. The predicted octanol–water partition coefficient (Wildman–Crippen LogP) is 2.43. The van der Waals surface area contributed by atoms with E-state index in [9.17, 15) is 0 Å². The van der Waals surface area contributed by atoms with Crippen molar-refractivity contribution in [2.24, 2.45) is 0 Å². The third-order valence-corrected chi connectivity index (χ3v) is 4.93. The van der Waals surface area contributed by atoms with E-state index in [1.807, 2.05) is 6.20 Å². The monoisotopic (exact) mass is 259 g/mol. The molecule has 0 spiro atoms. The van der Waals surface area contributed by atoms with Crippen molar-refractivity contribution in [1.29, 1.82) is 0 Å². The van der Waals surface area contributed by atoms with Crippen LogP contribution in [0.15, 0.2) is 18.3 Å². The Hall–Kier alpha value is -0.865. The van der Waals surface area contributed by atoms with Crippen LogP contribution >= 0.6 is 0 Å². The van der Waals surface area contributed by atoms with E-state index in [4.69, 9.17) is 9.31 Å². The lowest BCUT2D eigenvalue weighted by atomic mass is 9.80. The SMILES string of the molecule is CC1(c2ccc(B3OC(C)(C)C(C)(C)O3)cn2)CC1. The molecule has 1 saturated heterocycles. The molecule has 102 valence electrons. The lowest BCUT2D eigenvalue weighted by Crippen LogP contribution is -2.41. The smallest absolute Gasteiger partial charge is 0.399 e. The van der Waals surface area contributed by atoms with E-state index >= 15 is 0 Å². The number of rotatable bonds is 2. The maximum absolute atomic E-state index is 6.03. The molecule has 4 heteroatoms. The molecular formula is C15H22BNO2. The summed E-state index contributed by atoms with van der Waals surface area (Å²) >= 11 is 0. The van der Waals surface area contributed by atoms with Crippen molar-refractivity contribution in [1.82, 2.24) is 4.98 Å². The van der Waals surface area contributed by atoms with Gasteiger partial charge in [-0.3, -0.25) is 4.98 Å². The van der Waals surface area contributed by atoms with Crippen LogP contribution in [0.4, 0.5) is 0 Å². The number of hydrogen-bond donors (Lipinski definition) is 0.